The Balaban J connectivity index is 1.97. The van der Waals surface area contributed by atoms with Crippen LogP contribution in [0.1, 0.15) is 24.0 Å². The quantitative estimate of drug-likeness (QED) is 0.904. The fourth-order valence-electron chi connectivity index (χ4n) is 2.55. The molecule has 0 bridgehead atoms. The van der Waals surface area contributed by atoms with Crippen molar-refractivity contribution in [2.75, 3.05) is 18.1 Å². The Kier molecular flexibility index (Phi) is 3.17. The Hall–Kier alpha value is -1.22. The van der Waals surface area contributed by atoms with Gasteiger partial charge in [-0.3, -0.25) is 4.98 Å². The highest BCUT2D eigenvalue weighted by Gasteiger charge is 2.41. The Morgan fingerprint density at radius 3 is 2.74 bits per heavy atom. The van der Waals surface area contributed by atoms with Gasteiger partial charge in [0, 0.05) is 28.6 Å². The number of anilines is 1. The van der Waals surface area contributed by atoms with Crippen molar-refractivity contribution in [3.8, 4) is 0 Å². The van der Waals surface area contributed by atoms with Gasteiger partial charge >= 0.3 is 0 Å². The number of fused-ring (bicyclic) bond motifs is 1. The number of rotatable bonds is 4. The van der Waals surface area contributed by atoms with Crippen LogP contribution in [0.2, 0.25) is 0 Å². The number of hydrogen-bond acceptors (Lipinski definition) is 3. The van der Waals surface area contributed by atoms with E-state index in [0.29, 0.717) is 4.75 Å². The van der Waals surface area contributed by atoms with E-state index in [-0.39, 0.29) is 0 Å². The van der Waals surface area contributed by atoms with Gasteiger partial charge in [0.25, 0.3) is 0 Å². The zero-order valence-corrected chi connectivity index (χ0v) is 12.6. The summed E-state index contributed by atoms with van der Waals surface area (Å²) in [4.78, 5) is 4.58. The molecule has 1 aromatic heterocycles. The van der Waals surface area contributed by atoms with Crippen molar-refractivity contribution in [2.24, 2.45) is 0 Å². The number of benzene rings is 1. The van der Waals surface area contributed by atoms with Crippen LogP contribution < -0.4 is 5.32 Å². The first-order valence-electron chi connectivity index (χ1n) is 6.79. The van der Waals surface area contributed by atoms with Gasteiger partial charge in [0.2, 0.25) is 0 Å². The summed E-state index contributed by atoms with van der Waals surface area (Å²) in [6.07, 6.45) is 6.87. The minimum atomic E-state index is 0.478. The molecule has 0 spiro atoms. The topological polar surface area (TPSA) is 24.9 Å². The summed E-state index contributed by atoms with van der Waals surface area (Å²) in [7, 11) is 0. The molecule has 2 aromatic rings. The second-order valence-electron chi connectivity index (χ2n) is 5.53. The third-order valence-electron chi connectivity index (χ3n) is 4.12. The smallest absolute Gasteiger partial charge is 0.0752 e. The zero-order chi connectivity index (χ0) is 13.5. The van der Waals surface area contributed by atoms with Crippen LogP contribution in [0, 0.1) is 13.8 Å². The van der Waals surface area contributed by atoms with Gasteiger partial charge < -0.3 is 5.32 Å². The molecule has 1 aliphatic rings. The maximum absolute atomic E-state index is 4.58. The normalized spacial score (nSPS) is 16.6. The van der Waals surface area contributed by atoms with Gasteiger partial charge in [0.15, 0.2) is 0 Å². The van der Waals surface area contributed by atoms with Crippen LogP contribution in [-0.4, -0.2) is 22.5 Å². The molecule has 0 unspecified atom stereocenters. The first kappa shape index (κ1) is 12.8. The Morgan fingerprint density at radius 2 is 2.05 bits per heavy atom. The van der Waals surface area contributed by atoms with Crippen molar-refractivity contribution in [3.05, 3.63) is 35.5 Å². The molecular weight excluding hydrogens is 252 g/mol. The van der Waals surface area contributed by atoms with Gasteiger partial charge in [-0.05, 0) is 44.1 Å². The molecule has 1 N–H and O–H groups in total. The molecule has 1 aliphatic carbocycles. The van der Waals surface area contributed by atoms with Crippen LogP contribution >= 0.6 is 11.8 Å². The van der Waals surface area contributed by atoms with Gasteiger partial charge in [-0.1, -0.05) is 18.2 Å². The average molecular weight is 272 g/mol. The number of nitrogens with zero attached hydrogens (tertiary/aromatic N) is 1. The summed E-state index contributed by atoms with van der Waals surface area (Å²) in [5, 5.41) is 4.92. The number of hydrogen-bond donors (Lipinski definition) is 1. The summed E-state index contributed by atoms with van der Waals surface area (Å²) in [5.74, 6) is 0. The summed E-state index contributed by atoms with van der Waals surface area (Å²) < 4.78 is 0.478. The van der Waals surface area contributed by atoms with Crippen molar-refractivity contribution in [1.29, 1.82) is 0 Å². The molecule has 1 aromatic carbocycles. The first-order valence-corrected chi connectivity index (χ1v) is 8.02. The minimum Gasteiger partial charge on any atom is -0.383 e. The standard InChI is InChI=1S/C16H20N2S/c1-11-5-4-6-13-14(11)17-9-12(2)15(13)18-10-16(19-3)7-8-16/h4-6,9H,7-8,10H2,1-3H3,(H,17,18). The van der Waals surface area contributed by atoms with E-state index in [2.05, 4.69) is 48.6 Å². The van der Waals surface area contributed by atoms with Crippen molar-refractivity contribution >= 4 is 28.4 Å². The molecule has 1 heterocycles. The van der Waals surface area contributed by atoms with Crippen LogP contribution in [0.15, 0.2) is 24.4 Å². The number of thioether (sulfide) groups is 1. The summed E-state index contributed by atoms with van der Waals surface area (Å²) in [6, 6.07) is 6.41. The predicted molar refractivity (Wildman–Crippen MR) is 85.2 cm³/mol. The molecule has 2 nitrogen and oxygen atoms in total. The van der Waals surface area contributed by atoms with E-state index in [1.165, 1.54) is 35.0 Å². The molecule has 19 heavy (non-hydrogen) atoms. The number of para-hydroxylation sites is 1. The lowest BCUT2D eigenvalue weighted by molar-refractivity contribution is 0.948. The van der Waals surface area contributed by atoms with E-state index in [1.807, 2.05) is 18.0 Å². The minimum absolute atomic E-state index is 0.478. The van der Waals surface area contributed by atoms with Gasteiger partial charge in [0.1, 0.15) is 0 Å². The number of nitrogens with one attached hydrogen (secondary N) is 1. The van der Waals surface area contributed by atoms with Crippen molar-refractivity contribution < 1.29 is 0 Å². The number of aromatic nitrogens is 1. The van der Waals surface area contributed by atoms with Crippen LogP contribution in [0.4, 0.5) is 5.69 Å². The maximum atomic E-state index is 4.58. The van der Waals surface area contributed by atoms with Crippen molar-refractivity contribution in [3.63, 3.8) is 0 Å². The molecule has 0 saturated heterocycles. The van der Waals surface area contributed by atoms with Crippen molar-refractivity contribution in [1.82, 2.24) is 4.98 Å². The monoisotopic (exact) mass is 272 g/mol. The van der Waals surface area contributed by atoms with Crippen LogP contribution in [0.5, 0.6) is 0 Å². The molecule has 0 atom stereocenters. The van der Waals surface area contributed by atoms with Crippen LogP contribution in [0.3, 0.4) is 0 Å². The van der Waals surface area contributed by atoms with E-state index in [0.717, 1.165) is 12.1 Å². The second kappa shape index (κ2) is 4.71. The molecule has 0 aliphatic heterocycles. The van der Waals surface area contributed by atoms with Crippen LogP contribution in [0.25, 0.3) is 10.9 Å². The summed E-state index contributed by atoms with van der Waals surface area (Å²) in [5.41, 5.74) is 4.85. The van der Waals surface area contributed by atoms with E-state index < -0.39 is 0 Å². The lowest BCUT2D eigenvalue weighted by atomic mass is 10.1. The predicted octanol–water partition coefficient (Wildman–Crippen LogP) is 4.16. The van der Waals surface area contributed by atoms with E-state index >= 15 is 0 Å². The summed E-state index contributed by atoms with van der Waals surface area (Å²) >= 11 is 1.99. The highest BCUT2D eigenvalue weighted by Crippen LogP contribution is 2.47. The van der Waals surface area contributed by atoms with E-state index in [4.69, 9.17) is 0 Å². The van der Waals surface area contributed by atoms with Gasteiger partial charge in [-0.15, -0.1) is 0 Å². The Labute approximate surface area is 119 Å². The average Bonchev–Trinajstić information content (AvgIpc) is 3.18. The van der Waals surface area contributed by atoms with E-state index in [1.54, 1.807) is 0 Å². The SMILES string of the molecule is CSC1(CNc2c(C)cnc3c(C)cccc23)CC1. The molecule has 3 heteroatoms. The van der Waals surface area contributed by atoms with Crippen LogP contribution in [-0.2, 0) is 0 Å². The third-order valence-corrected chi connectivity index (χ3v) is 5.54. The lowest BCUT2D eigenvalue weighted by Gasteiger charge is -2.17. The van der Waals surface area contributed by atoms with Gasteiger partial charge in [-0.2, -0.15) is 11.8 Å². The lowest BCUT2D eigenvalue weighted by Crippen LogP contribution is -2.18. The molecular formula is C16H20N2S. The van der Waals surface area contributed by atoms with Crippen molar-refractivity contribution in [2.45, 2.75) is 31.4 Å². The summed E-state index contributed by atoms with van der Waals surface area (Å²) in [6.45, 7) is 5.32. The number of aryl methyl sites for hydroxylation is 2. The van der Waals surface area contributed by atoms with Gasteiger partial charge in [0.05, 0.1) is 5.52 Å². The van der Waals surface area contributed by atoms with Gasteiger partial charge in [-0.25, -0.2) is 0 Å². The fraction of sp³-hybridized carbons (Fsp3) is 0.438. The third kappa shape index (κ3) is 2.32. The maximum Gasteiger partial charge on any atom is 0.0752 e. The van der Waals surface area contributed by atoms with E-state index in [9.17, 15) is 0 Å². The number of pyridine rings is 1. The molecule has 0 radical (unpaired) electrons. The molecule has 100 valence electrons. The first-order chi connectivity index (χ1) is 9.15. The molecule has 0 amide bonds. The molecule has 1 fully saturated rings. The zero-order valence-electron chi connectivity index (χ0n) is 11.8. The largest absolute Gasteiger partial charge is 0.383 e. The fourth-order valence-corrected chi connectivity index (χ4v) is 3.27. The Bertz CT molecular complexity index is 617. The second-order valence-corrected chi connectivity index (χ2v) is 6.80. The molecule has 3 rings (SSSR count). The highest BCUT2D eigenvalue weighted by atomic mass is 32.2. The molecule has 1 saturated carbocycles. The Morgan fingerprint density at radius 1 is 1.26 bits per heavy atom. The highest BCUT2D eigenvalue weighted by molar-refractivity contribution is 8.00.